The van der Waals surface area contributed by atoms with Crippen LogP contribution in [-0.4, -0.2) is 25.0 Å². The van der Waals surface area contributed by atoms with Gasteiger partial charge in [-0.3, -0.25) is 4.79 Å². The van der Waals surface area contributed by atoms with Crippen molar-refractivity contribution in [3.8, 4) is 0 Å². The van der Waals surface area contributed by atoms with Gasteiger partial charge in [0.25, 0.3) is 5.91 Å². The van der Waals surface area contributed by atoms with E-state index in [1.165, 1.54) is 18.2 Å². The fourth-order valence-electron chi connectivity index (χ4n) is 1.68. The molecule has 1 aromatic rings. The lowest BCUT2D eigenvalue weighted by Gasteiger charge is -2.11. The van der Waals surface area contributed by atoms with Crippen molar-refractivity contribution in [2.45, 2.75) is 12.5 Å². The molecule has 2 rings (SSSR count). The van der Waals surface area contributed by atoms with Gasteiger partial charge in [0.2, 0.25) is 0 Å². The summed E-state index contributed by atoms with van der Waals surface area (Å²) in [4.78, 5) is 11.7. The second-order valence-electron chi connectivity index (χ2n) is 3.79. The summed E-state index contributed by atoms with van der Waals surface area (Å²) < 4.78 is 12.9. The predicted octanol–water partition coefficient (Wildman–Crippen LogP) is 1.57. The zero-order valence-corrected chi connectivity index (χ0v) is 9.35. The van der Waals surface area contributed by atoms with Gasteiger partial charge >= 0.3 is 0 Å². The summed E-state index contributed by atoms with van der Waals surface area (Å²) in [5.74, 6) is -0.726. The molecular formula is C11H12ClFN2O. The van der Waals surface area contributed by atoms with Gasteiger partial charge < -0.3 is 10.6 Å². The Morgan fingerprint density at radius 3 is 3.00 bits per heavy atom. The smallest absolute Gasteiger partial charge is 0.251 e. The van der Waals surface area contributed by atoms with Crippen molar-refractivity contribution >= 4 is 17.5 Å². The molecule has 5 heteroatoms. The molecular weight excluding hydrogens is 231 g/mol. The number of halogens is 2. The molecule has 1 saturated heterocycles. The van der Waals surface area contributed by atoms with E-state index in [4.69, 9.17) is 11.6 Å². The minimum atomic E-state index is -0.513. The molecule has 0 spiro atoms. The molecule has 3 nitrogen and oxygen atoms in total. The Kier molecular flexibility index (Phi) is 3.41. The monoisotopic (exact) mass is 242 g/mol. The summed E-state index contributed by atoms with van der Waals surface area (Å²) in [6.45, 7) is 1.69. The number of carbonyl (C=O) groups excluding carboxylic acids is 1. The van der Waals surface area contributed by atoms with Gasteiger partial charge in [-0.25, -0.2) is 4.39 Å². The van der Waals surface area contributed by atoms with Crippen molar-refractivity contribution in [3.05, 3.63) is 34.6 Å². The fraction of sp³-hybridized carbons (Fsp3) is 0.364. The molecule has 0 radical (unpaired) electrons. The van der Waals surface area contributed by atoms with Crippen LogP contribution in [0.4, 0.5) is 4.39 Å². The van der Waals surface area contributed by atoms with E-state index >= 15 is 0 Å². The van der Waals surface area contributed by atoms with Crippen LogP contribution in [0.15, 0.2) is 18.2 Å². The second-order valence-corrected chi connectivity index (χ2v) is 4.20. The first kappa shape index (κ1) is 11.4. The van der Waals surface area contributed by atoms with Gasteiger partial charge in [-0.05, 0) is 31.2 Å². The quantitative estimate of drug-likeness (QED) is 0.827. The Morgan fingerprint density at radius 1 is 1.56 bits per heavy atom. The van der Waals surface area contributed by atoms with E-state index in [0.29, 0.717) is 5.56 Å². The third-order valence-corrected chi connectivity index (χ3v) is 2.87. The molecule has 0 aromatic heterocycles. The molecule has 1 aliphatic heterocycles. The van der Waals surface area contributed by atoms with Crippen LogP contribution < -0.4 is 10.6 Å². The molecule has 0 saturated carbocycles. The van der Waals surface area contributed by atoms with Crippen LogP contribution in [0.2, 0.25) is 5.02 Å². The van der Waals surface area contributed by atoms with Gasteiger partial charge in [-0.1, -0.05) is 11.6 Å². The number of benzene rings is 1. The molecule has 2 N–H and O–H groups in total. The highest BCUT2D eigenvalue weighted by atomic mass is 35.5. The fourth-order valence-corrected chi connectivity index (χ4v) is 1.86. The number of hydrogen-bond donors (Lipinski definition) is 2. The number of amides is 1. The number of rotatable bonds is 2. The van der Waals surface area contributed by atoms with Crippen LogP contribution in [-0.2, 0) is 0 Å². The maximum absolute atomic E-state index is 12.9. The second kappa shape index (κ2) is 4.80. The van der Waals surface area contributed by atoms with Crippen LogP contribution in [0.5, 0.6) is 0 Å². The normalized spacial score (nSPS) is 19.8. The molecule has 86 valence electrons. The summed E-state index contributed by atoms with van der Waals surface area (Å²) in [5.41, 5.74) is 0.387. The van der Waals surface area contributed by atoms with Gasteiger partial charge in [0.05, 0.1) is 5.02 Å². The topological polar surface area (TPSA) is 41.1 Å². The maximum Gasteiger partial charge on any atom is 0.251 e. The lowest BCUT2D eigenvalue weighted by molar-refractivity contribution is 0.0940. The Morgan fingerprint density at radius 2 is 2.38 bits per heavy atom. The van der Waals surface area contributed by atoms with Crippen molar-refractivity contribution in [2.24, 2.45) is 0 Å². The summed E-state index contributed by atoms with van der Waals surface area (Å²) in [7, 11) is 0. The van der Waals surface area contributed by atoms with Crippen LogP contribution >= 0.6 is 11.6 Å². The van der Waals surface area contributed by atoms with E-state index in [2.05, 4.69) is 10.6 Å². The summed E-state index contributed by atoms with van der Waals surface area (Å²) in [6.07, 6.45) is 0.917. The van der Waals surface area contributed by atoms with Gasteiger partial charge in [0, 0.05) is 18.2 Å². The van der Waals surface area contributed by atoms with E-state index in [1.54, 1.807) is 0 Å². The van der Waals surface area contributed by atoms with Crippen molar-refractivity contribution < 1.29 is 9.18 Å². The minimum absolute atomic E-state index is 0.0304. The Balaban J connectivity index is 2.05. The molecule has 1 amide bonds. The third-order valence-electron chi connectivity index (χ3n) is 2.58. The molecule has 1 fully saturated rings. The van der Waals surface area contributed by atoms with Gasteiger partial charge in [0.1, 0.15) is 5.82 Å². The highest BCUT2D eigenvalue weighted by Gasteiger charge is 2.17. The Bertz CT molecular complexity index is 405. The SMILES string of the molecule is O=C(NC1CCNC1)c1ccc(F)c(Cl)c1. The highest BCUT2D eigenvalue weighted by molar-refractivity contribution is 6.31. The van der Waals surface area contributed by atoms with Crippen molar-refractivity contribution in [3.63, 3.8) is 0 Å². The standard InChI is InChI=1S/C11H12ClFN2O/c12-9-5-7(1-2-10(9)13)11(16)15-8-3-4-14-6-8/h1-2,5,8,14H,3-4,6H2,(H,15,16). The summed E-state index contributed by atoms with van der Waals surface area (Å²) in [6, 6.07) is 4.12. The van der Waals surface area contributed by atoms with E-state index < -0.39 is 5.82 Å². The summed E-state index contributed by atoms with van der Waals surface area (Å²) in [5, 5.41) is 5.98. The number of carbonyl (C=O) groups is 1. The molecule has 1 aliphatic rings. The number of nitrogens with one attached hydrogen (secondary N) is 2. The lowest BCUT2D eigenvalue weighted by Crippen LogP contribution is -2.36. The number of hydrogen-bond acceptors (Lipinski definition) is 2. The highest BCUT2D eigenvalue weighted by Crippen LogP contribution is 2.16. The first-order chi connectivity index (χ1) is 7.66. The molecule has 1 unspecified atom stereocenters. The maximum atomic E-state index is 12.9. The van der Waals surface area contributed by atoms with Gasteiger partial charge in [0.15, 0.2) is 0 Å². The van der Waals surface area contributed by atoms with Gasteiger partial charge in [-0.15, -0.1) is 0 Å². The van der Waals surface area contributed by atoms with Crippen molar-refractivity contribution in [1.82, 2.24) is 10.6 Å². The third kappa shape index (κ3) is 2.51. The Hall–Kier alpha value is -1.13. The average molecular weight is 243 g/mol. The van der Waals surface area contributed by atoms with Crippen LogP contribution in [0, 0.1) is 5.82 Å². The molecule has 16 heavy (non-hydrogen) atoms. The zero-order valence-electron chi connectivity index (χ0n) is 8.59. The summed E-state index contributed by atoms with van der Waals surface area (Å²) >= 11 is 5.61. The van der Waals surface area contributed by atoms with E-state index in [1.807, 2.05) is 0 Å². The average Bonchev–Trinajstić information content (AvgIpc) is 2.74. The van der Waals surface area contributed by atoms with Crippen LogP contribution in [0.1, 0.15) is 16.8 Å². The van der Waals surface area contributed by atoms with Crippen molar-refractivity contribution in [2.75, 3.05) is 13.1 Å². The molecule has 0 bridgehead atoms. The van der Waals surface area contributed by atoms with E-state index in [0.717, 1.165) is 19.5 Å². The molecule has 1 aromatic carbocycles. The molecule has 1 atom stereocenters. The Labute approximate surface area is 98.0 Å². The van der Waals surface area contributed by atoms with E-state index in [9.17, 15) is 9.18 Å². The first-order valence-corrected chi connectivity index (χ1v) is 5.51. The first-order valence-electron chi connectivity index (χ1n) is 5.13. The minimum Gasteiger partial charge on any atom is -0.348 e. The van der Waals surface area contributed by atoms with E-state index in [-0.39, 0.29) is 17.0 Å². The molecule has 1 heterocycles. The van der Waals surface area contributed by atoms with Crippen molar-refractivity contribution in [1.29, 1.82) is 0 Å². The zero-order chi connectivity index (χ0) is 11.5. The van der Waals surface area contributed by atoms with Gasteiger partial charge in [-0.2, -0.15) is 0 Å². The van der Waals surface area contributed by atoms with Crippen LogP contribution in [0.3, 0.4) is 0 Å². The molecule has 0 aliphatic carbocycles. The predicted molar refractivity (Wildman–Crippen MR) is 60.2 cm³/mol. The largest absolute Gasteiger partial charge is 0.348 e. The van der Waals surface area contributed by atoms with Crippen LogP contribution in [0.25, 0.3) is 0 Å². The lowest BCUT2D eigenvalue weighted by atomic mass is 10.2.